The average Bonchev–Trinajstić information content (AvgIpc) is 2.76. The summed E-state index contributed by atoms with van der Waals surface area (Å²) in [4.78, 5) is 6.25. The van der Waals surface area contributed by atoms with Crippen LogP contribution in [-0.4, -0.2) is 52.2 Å². The predicted molar refractivity (Wildman–Crippen MR) is 64.9 cm³/mol. The highest BCUT2D eigenvalue weighted by atomic mass is 15.5. The van der Waals surface area contributed by atoms with Crippen LogP contribution in [0, 0.1) is 5.92 Å². The van der Waals surface area contributed by atoms with E-state index >= 15 is 0 Å². The summed E-state index contributed by atoms with van der Waals surface area (Å²) in [5, 5.41) is 14.6. The number of tetrazole rings is 1. The first-order valence-corrected chi connectivity index (χ1v) is 5.60. The summed E-state index contributed by atoms with van der Waals surface area (Å²) >= 11 is 0. The molecule has 0 saturated heterocycles. The van der Waals surface area contributed by atoms with Gasteiger partial charge in [-0.25, -0.2) is 0 Å². The van der Waals surface area contributed by atoms with E-state index < -0.39 is 0 Å². The molecule has 0 radical (unpaired) electrons. The van der Waals surface area contributed by atoms with Crippen LogP contribution < -0.4 is 10.2 Å². The van der Waals surface area contributed by atoms with E-state index in [9.17, 15) is 0 Å². The van der Waals surface area contributed by atoms with Gasteiger partial charge in [-0.3, -0.25) is 4.98 Å². The molecule has 0 aromatic carbocycles. The molecule has 92 valence electrons. The number of hydrogen-bond acceptors (Lipinski definition) is 6. The van der Waals surface area contributed by atoms with Crippen LogP contribution in [0.5, 0.6) is 0 Å². The first-order valence-electron chi connectivity index (χ1n) is 5.60. The minimum Gasteiger partial charge on any atom is -0.358 e. The van der Waals surface area contributed by atoms with Gasteiger partial charge in [0, 0.05) is 13.6 Å². The van der Waals surface area contributed by atoms with E-state index in [1.165, 1.54) is 0 Å². The highest BCUT2D eigenvalue weighted by Crippen LogP contribution is 2.12. The smallest absolute Gasteiger partial charge is 0.199 e. The quantitative estimate of drug-likeness (QED) is 0.774. The molecule has 1 atom stereocenters. The van der Waals surface area contributed by atoms with Crippen molar-refractivity contribution >= 4 is 11.5 Å². The van der Waals surface area contributed by atoms with Gasteiger partial charge in [-0.05, 0) is 29.9 Å². The maximum absolute atomic E-state index is 4.14. The van der Waals surface area contributed by atoms with Crippen LogP contribution in [0.4, 0.5) is 5.82 Å². The molecule has 0 aliphatic heterocycles. The second kappa shape index (κ2) is 5.05. The van der Waals surface area contributed by atoms with Gasteiger partial charge in [0.15, 0.2) is 11.5 Å². The van der Waals surface area contributed by atoms with E-state index in [1.807, 2.05) is 14.1 Å². The van der Waals surface area contributed by atoms with Crippen molar-refractivity contribution in [2.24, 2.45) is 5.92 Å². The van der Waals surface area contributed by atoms with E-state index in [2.05, 4.69) is 37.6 Å². The van der Waals surface area contributed by atoms with Gasteiger partial charge in [-0.1, -0.05) is 6.92 Å². The molecule has 1 unspecified atom stereocenters. The Balaban J connectivity index is 2.18. The molecule has 0 amide bonds. The zero-order valence-electron chi connectivity index (χ0n) is 10.3. The summed E-state index contributed by atoms with van der Waals surface area (Å²) < 4.78 is 1.69. The largest absolute Gasteiger partial charge is 0.358 e. The minimum absolute atomic E-state index is 0.539. The summed E-state index contributed by atoms with van der Waals surface area (Å²) in [6.07, 6.45) is 3.42. The molecule has 1 N–H and O–H groups in total. The predicted octanol–water partition coefficient (Wildman–Crippen LogP) is -0.189. The SMILES string of the molecule is CNCC(C)CN(C)c1cncc2nnnn12. The Morgan fingerprint density at radius 2 is 2.29 bits per heavy atom. The van der Waals surface area contributed by atoms with Gasteiger partial charge in [0.2, 0.25) is 0 Å². The van der Waals surface area contributed by atoms with Crippen LogP contribution in [0.3, 0.4) is 0 Å². The normalized spacial score (nSPS) is 12.9. The molecule has 7 nitrogen and oxygen atoms in total. The summed E-state index contributed by atoms with van der Waals surface area (Å²) in [6, 6.07) is 0. The minimum atomic E-state index is 0.539. The Bertz CT molecular complexity index is 480. The third-order valence-electron chi connectivity index (χ3n) is 2.62. The second-order valence-corrected chi connectivity index (χ2v) is 4.26. The lowest BCUT2D eigenvalue weighted by Gasteiger charge is -2.22. The lowest BCUT2D eigenvalue weighted by molar-refractivity contribution is 0.538. The topological polar surface area (TPSA) is 71.2 Å². The molecule has 0 aliphatic carbocycles. The van der Waals surface area contributed by atoms with Gasteiger partial charge in [0.05, 0.1) is 12.4 Å². The molecule has 0 spiro atoms. The van der Waals surface area contributed by atoms with Gasteiger partial charge in [0.1, 0.15) is 0 Å². The van der Waals surface area contributed by atoms with Crippen LogP contribution in [0.2, 0.25) is 0 Å². The Labute approximate surface area is 99.8 Å². The van der Waals surface area contributed by atoms with Crippen molar-refractivity contribution in [2.45, 2.75) is 6.92 Å². The highest BCUT2D eigenvalue weighted by Gasteiger charge is 2.11. The summed E-state index contributed by atoms with van der Waals surface area (Å²) in [7, 11) is 3.98. The van der Waals surface area contributed by atoms with Crippen molar-refractivity contribution in [3.05, 3.63) is 12.4 Å². The summed E-state index contributed by atoms with van der Waals surface area (Å²) in [5.74, 6) is 1.44. The standard InChI is InChI=1S/C10H17N7/c1-8(4-11-2)7-16(3)10-6-12-5-9-13-14-15-17(9)10/h5-6,8,11H,4,7H2,1-3H3. The van der Waals surface area contributed by atoms with Crippen molar-refractivity contribution in [1.29, 1.82) is 0 Å². The molecule has 0 aliphatic rings. The maximum Gasteiger partial charge on any atom is 0.199 e. The van der Waals surface area contributed by atoms with Crippen molar-refractivity contribution in [2.75, 3.05) is 32.1 Å². The van der Waals surface area contributed by atoms with Gasteiger partial charge < -0.3 is 10.2 Å². The zero-order chi connectivity index (χ0) is 12.3. The molecule has 0 fully saturated rings. The number of fused-ring (bicyclic) bond motifs is 1. The monoisotopic (exact) mass is 235 g/mol. The first kappa shape index (κ1) is 11.7. The van der Waals surface area contributed by atoms with Gasteiger partial charge >= 0.3 is 0 Å². The number of rotatable bonds is 5. The molecule has 7 heteroatoms. The van der Waals surface area contributed by atoms with E-state index in [0.717, 1.165) is 18.9 Å². The van der Waals surface area contributed by atoms with Crippen LogP contribution in [0.15, 0.2) is 12.4 Å². The van der Waals surface area contributed by atoms with Crippen LogP contribution >= 0.6 is 0 Å². The van der Waals surface area contributed by atoms with E-state index in [1.54, 1.807) is 16.9 Å². The Morgan fingerprint density at radius 1 is 1.47 bits per heavy atom. The Morgan fingerprint density at radius 3 is 3.06 bits per heavy atom. The summed E-state index contributed by atoms with van der Waals surface area (Å²) in [6.45, 7) is 4.09. The van der Waals surface area contributed by atoms with Crippen molar-refractivity contribution < 1.29 is 0 Å². The second-order valence-electron chi connectivity index (χ2n) is 4.26. The van der Waals surface area contributed by atoms with Gasteiger partial charge in [-0.15, -0.1) is 5.10 Å². The van der Waals surface area contributed by atoms with Crippen LogP contribution in [0.25, 0.3) is 5.65 Å². The maximum atomic E-state index is 4.14. The number of nitrogens with zero attached hydrogens (tertiary/aromatic N) is 6. The molecule has 2 aromatic rings. The van der Waals surface area contributed by atoms with Gasteiger partial charge in [-0.2, -0.15) is 4.52 Å². The van der Waals surface area contributed by atoms with Crippen molar-refractivity contribution in [3.8, 4) is 0 Å². The Hall–Kier alpha value is -1.76. The molecular weight excluding hydrogens is 218 g/mol. The van der Waals surface area contributed by atoms with Gasteiger partial charge in [0.25, 0.3) is 0 Å². The fourth-order valence-electron chi connectivity index (χ4n) is 1.90. The fourth-order valence-corrected chi connectivity index (χ4v) is 1.90. The first-order chi connectivity index (χ1) is 8.22. The number of nitrogens with one attached hydrogen (secondary N) is 1. The lowest BCUT2D eigenvalue weighted by atomic mass is 10.2. The number of anilines is 1. The van der Waals surface area contributed by atoms with E-state index in [4.69, 9.17) is 0 Å². The Kier molecular flexibility index (Phi) is 3.48. The van der Waals surface area contributed by atoms with Crippen LogP contribution in [0.1, 0.15) is 6.92 Å². The van der Waals surface area contributed by atoms with Crippen LogP contribution in [-0.2, 0) is 0 Å². The molecule has 2 aromatic heterocycles. The summed E-state index contributed by atoms with van der Waals surface area (Å²) in [5.41, 5.74) is 0.663. The van der Waals surface area contributed by atoms with E-state index in [-0.39, 0.29) is 0 Å². The van der Waals surface area contributed by atoms with Crippen molar-refractivity contribution in [3.63, 3.8) is 0 Å². The van der Waals surface area contributed by atoms with Crippen molar-refractivity contribution in [1.82, 2.24) is 30.3 Å². The molecule has 0 saturated carbocycles. The molecule has 17 heavy (non-hydrogen) atoms. The average molecular weight is 235 g/mol. The molecular formula is C10H17N7. The zero-order valence-corrected chi connectivity index (χ0v) is 10.3. The number of hydrogen-bond donors (Lipinski definition) is 1. The number of aromatic nitrogens is 5. The highest BCUT2D eigenvalue weighted by molar-refractivity contribution is 5.45. The molecule has 0 bridgehead atoms. The van der Waals surface area contributed by atoms with E-state index in [0.29, 0.717) is 11.6 Å². The lowest BCUT2D eigenvalue weighted by Crippen LogP contribution is -2.30. The third-order valence-corrected chi connectivity index (χ3v) is 2.62. The third kappa shape index (κ3) is 2.50. The molecule has 2 rings (SSSR count). The fraction of sp³-hybridized carbons (Fsp3) is 0.600. The molecule has 2 heterocycles.